The van der Waals surface area contributed by atoms with E-state index in [1.165, 1.54) is 17.1 Å². The molecule has 3 nitrogen and oxygen atoms in total. The Kier molecular flexibility index (Phi) is 4.56. The van der Waals surface area contributed by atoms with E-state index in [4.69, 9.17) is 5.11 Å². The second kappa shape index (κ2) is 6.40. The van der Waals surface area contributed by atoms with Gasteiger partial charge < -0.3 is 5.11 Å². The summed E-state index contributed by atoms with van der Waals surface area (Å²) in [4.78, 5) is 4.11. The van der Waals surface area contributed by atoms with E-state index in [2.05, 4.69) is 21.2 Å². The maximum absolute atomic E-state index is 8.58. The van der Waals surface area contributed by atoms with Crippen LogP contribution in [0.3, 0.4) is 0 Å². The number of benzene rings is 1. The van der Waals surface area contributed by atoms with Gasteiger partial charge in [0.15, 0.2) is 4.34 Å². The van der Waals surface area contributed by atoms with Crippen LogP contribution in [0.1, 0.15) is 11.1 Å². The molecule has 0 amide bonds. The molecule has 0 bridgehead atoms. The van der Waals surface area contributed by atoms with Crippen molar-refractivity contribution in [1.29, 1.82) is 0 Å². The van der Waals surface area contributed by atoms with E-state index in [-0.39, 0.29) is 6.61 Å². The van der Waals surface area contributed by atoms with Crippen LogP contribution in [0.4, 0.5) is 0 Å². The van der Waals surface area contributed by atoms with Gasteiger partial charge in [0.05, 0.1) is 0 Å². The van der Waals surface area contributed by atoms with Crippen LogP contribution in [-0.2, 0) is 5.75 Å². The van der Waals surface area contributed by atoms with Crippen molar-refractivity contribution in [3.8, 4) is 11.8 Å². The molecule has 0 saturated carbocycles. The van der Waals surface area contributed by atoms with Crippen molar-refractivity contribution in [2.24, 2.45) is 0 Å². The molecule has 0 unspecified atom stereocenters. The molecule has 0 aliphatic carbocycles. The Morgan fingerprint density at radius 1 is 1.29 bits per heavy atom. The van der Waals surface area contributed by atoms with Gasteiger partial charge in [0.1, 0.15) is 12.9 Å². The summed E-state index contributed by atoms with van der Waals surface area (Å²) in [6.07, 6.45) is 1.57. The van der Waals surface area contributed by atoms with Gasteiger partial charge in [0, 0.05) is 11.3 Å². The van der Waals surface area contributed by atoms with E-state index in [1.807, 2.05) is 24.3 Å². The summed E-state index contributed by atoms with van der Waals surface area (Å²) >= 11 is 3.08. The zero-order chi connectivity index (χ0) is 11.9. The molecule has 1 aromatic heterocycles. The summed E-state index contributed by atoms with van der Waals surface area (Å²) in [6, 6.07) is 7.99. The SMILES string of the molecule is OCC#Cc1ccc(CSc2ncns2)cc1. The Hall–Kier alpha value is -1.35. The molecule has 0 aliphatic heterocycles. The first-order valence-electron chi connectivity index (χ1n) is 4.96. The monoisotopic (exact) mass is 262 g/mol. The Morgan fingerprint density at radius 2 is 2.12 bits per heavy atom. The molecule has 2 rings (SSSR count). The third-order valence-electron chi connectivity index (χ3n) is 1.97. The quantitative estimate of drug-likeness (QED) is 0.680. The van der Waals surface area contributed by atoms with Gasteiger partial charge in [-0.3, -0.25) is 0 Å². The predicted octanol–water partition coefficient (Wildman–Crippen LogP) is 2.17. The van der Waals surface area contributed by atoms with Crippen LogP contribution in [0, 0.1) is 11.8 Å². The molecule has 0 saturated heterocycles. The fourth-order valence-electron chi connectivity index (χ4n) is 1.20. The first-order valence-corrected chi connectivity index (χ1v) is 6.72. The van der Waals surface area contributed by atoms with Crippen molar-refractivity contribution in [3.05, 3.63) is 41.7 Å². The number of nitrogens with zero attached hydrogens (tertiary/aromatic N) is 2. The third-order valence-corrected chi connectivity index (χ3v) is 3.84. The molecule has 0 aliphatic rings. The summed E-state index contributed by atoms with van der Waals surface area (Å²) in [5.74, 6) is 6.36. The average molecular weight is 262 g/mol. The molecule has 1 N–H and O–H groups in total. The molecule has 17 heavy (non-hydrogen) atoms. The van der Waals surface area contributed by atoms with E-state index in [9.17, 15) is 0 Å². The number of rotatable bonds is 3. The summed E-state index contributed by atoms with van der Waals surface area (Å²) in [5.41, 5.74) is 2.14. The van der Waals surface area contributed by atoms with Crippen LogP contribution in [0.2, 0.25) is 0 Å². The summed E-state index contributed by atoms with van der Waals surface area (Å²) in [7, 11) is 0. The summed E-state index contributed by atoms with van der Waals surface area (Å²) < 4.78 is 4.93. The molecule has 86 valence electrons. The lowest BCUT2D eigenvalue weighted by Gasteiger charge is -1.98. The van der Waals surface area contributed by atoms with E-state index in [0.29, 0.717) is 0 Å². The van der Waals surface area contributed by atoms with Crippen LogP contribution in [0.25, 0.3) is 0 Å². The van der Waals surface area contributed by atoms with Crippen LogP contribution >= 0.6 is 23.3 Å². The minimum atomic E-state index is -0.103. The van der Waals surface area contributed by atoms with Gasteiger partial charge in [-0.2, -0.15) is 4.37 Å². The van der Waals surface area contributed by atoms with Crippen molar-refractivity contribution in [3.63, 3.8) is 0 Å². The van der Waals surface area contributed by atoms with Crippen molar-refractivity contribution in [1.82, 2.24) is 9.36 Å². The van der Waals surface area contributed by atoms with Crippen molar-refractivity contribution in [2.75, 3.05) is 6.61 Å². The third kappa shape index (κ3) is 3.86. The number of hydrogen-bond acceptors (Lipinski definition) is 5. The first kappa shape index (κ1) is 12.1. The van der Waals surface area contributed by atoms with Gasteiger partial charge in [0.2, 0.25) is 0 Å². The second-order valence-electron chi connectivity index (χ2n) is 3.15. The molecule has 0 atom stereocenters. The number of thioether (sulfide) groups is 1. The maximum atomic E-state index is 8.58. The first-order chi connectivity index (χ1) is 8.38. The predicted molar refractivity (Wildman–Crippen MR) is 69.9 cm³/mol. The average Bonchev–Trinajstić information content (AvgIpc) is 2.88. The summed E-state index contributed by atoms with van der Waals surface area (Å²) in [6.45, 7) is -0.103. The highest BCUT2D eigenvalue weighted by Gasteiger charge is 1.99. The van der Waals surface area contributed by atoms with Crippen molar-refractivity contribution < 1.29 is 5.11 Å². The van der Waals surface area contributed by atoms with E-state index in [1.54, 1.807) is 18.1 Å². The molecule has 1 heterocycles. The highest BCUT2D eigenvalue weighted by atomic mass is 32.2. The van der Waals surface area contributed by atoms with Crippen LogP contribution in [0.15, 0.2) is 34.9 Å². The van der Waals surface area contributed by atoms with Crippen LogP contribution < -0.4 is 0 Å². The molecule has 0 spiro atoms. The molecule has 0 radical (unpaired) electrons. The topological polar surface area (TPSA) is 46.0 Å². The minimum absolute atomic E-state index is 0.103. The Labute approximate surface area is 108 Å². The zero-order valence-corrected chi connectivity index (χ0v) is 10.6. The van der Waals surface area contributed by atoms with Crippen molar-refractivity contribution >= 4 is 23.3 Å². The number of aromatic nitrogens is 2. The van der Waals surface area contributed by atoms with E-state index in [0.717, 1.165) is 15.7 Å². The Bertz CT molecular complexity index is 512. The molecular formula is C12H10N2OS2. The fourth-order valence-corrected chi connectivity index (χ4v) is 2.60. The largest absolute Gasteiger partial charge is 0.384 e. The lowest BCUT2D eigenvalue weighted by Crippen LogP contribution is -1.82. The van der Waals surface area contributed by atoms with Gasteiger partial charge in [0.25, 0.3) is 0 Å². The van der Waals surface area contributed by atoms with E-state index >= 15 is 0 Å². The lowest BCUT2D eigenvalue weighted by molar-refractivity contribution is 0.350. The molecule has 1 aromatic carbocycles. The van der Waals surface area contributed by atoms with Gasteiger partial charge >= 0.3 is 0 Å². The van der Waals surface area contributed by atoms with Gasteiger partial charge in [-0.25, -0.2) is 4.98 Å². The van der Waals surface area contributed by atoms with Gasteiger partial charge in [-0.05, 0) is 29.2 Å². The van der Waals surface area contributed by atoms with E-state index < -0.39 is 0 Å². The molecule has 5 heteroatoms. The minimum Gasteiger partial charge on any atom is -0.384 e. The fraction of sp³-hybridized carbons (Fsp3) is 0.167. The molecule has 2 aromatic rings. The molecular weight excluding hydrogens is 252 g/mol. The highest BCUT2D eigenvalue weighted by Crippen LogP contribution is 2.23. The standard InChI is InChI=1S/C12H10N2OS2/c15-7-1-2-10-3-5-11(6-4-10)8-16-12-13-9-14-17-12/h3-6,9,15H,7-8H2. The highest BCUT2D eigenvalue weighted by molar-refractivity contribution is 8.00. The maximum Gasteiger partial charge on any atom is 0.170 e. The van der Waals surface area contributed by atoms with Crippen molar-refractivity contribution in [2.45, 2.75) is 10.1 Å². The number of hydrogen-bond donors (Lipinski definition) is 1. The zero-order valence-electron chi connectivity index (χ0n) is 8.96. The Balaban J connectivity index is 1.94. The number of aliphatic hydroxyl groups excluding tert-OH is 1. The van der Waals surface area contributed by atoms with Gasteiger partial charge in [-0.1, -0.05) is 35.7 Å². The van der Waals surface area contributed by atoms with Crippen LogP contribution in [0.5, 0.6) is 0 Å². The van der Waals surface area contributed by atoms with Crippen LogP contribution in [-0.4, -0.2) is 21.1 Å². The smallest absolute Gasteiger partial charge is 0.170 e. The molecule has 0 fully saturated rings. The Morgan fingerprint density at radius 3 is 2.76 bits per heavy atom. The summed E-state index contributed by atoms with van der Waals surface area (Å²) in [5, 5.41) is 8.58. The van der Waals surface area contributed by atoms with Gasteiger partial charge in [-0.15, -0.1) is 0 Å². The lowest BCUT2D eigenvalue weighted by atomic mass is 10.1. The second-order valence-corrected chi connectivity index (χ2v) is 5.16. The number of aliphatic hydroxyl groups is 1. The normalized spacial score (nSPS) is 9.71.